The Balaban J connectivity index is 2.18. The lowest BCUT2D eigenvalue weighted by Gasteiger charge is -2.22. The molecule has 0 unspecified atom stereocenters. The monoisotopic (exact) mass is 189 g/mol. The minimum Gasteiger partial charge on any atom is -0.399 e. The van der Waals surface area contributed by atoms with Crippen molar-refractivity contribution >= 4 is 5.69 Å². The highest BCUT2D eigenvalue weighted by Gasteiger charge is 2.15. The number of hydrogen-bond acceptors (Lipinski definition) is 1. The summed E-state index contributed by atoms with van der Waals surface area (Å²) in [4.78, 5) is 0. The highest BCUT2D eigenvalue weighted by atomic mass is 14.5. The highest BCUT2D eigenvalue weighted by molar-refractivity contribution is 5.48. The van der Waals surface area contributed by atoms with Crippen molar-refractivity contribution in [3.05, 3.63) is 29.3 Å². The minimum absolute atomic E-state index is 0.794. The van der Waals surface area contributed by atoms with E-state index in [9.17, 15) is 0 Å². The average molecular weight is 189 g/mol. The molecule has 0 amide bonds. The predicted molar refractivity (Wildman–Crippen MR) is 61.4 cm³/mol. The zero-order valence-corrected chi connectivity index (χ0v) is 8.92. The van der Waals surface area contributed by atoms with Gasteiger partial charge in [-0.15, -0.1) is 0 Å². The van der Waals surface area contributed by atoms with Gasteiger partial charge in [0.25, 0.3) is 0 Å². The molecule has 0 bridgehead atoms. The van der Waals surface area contributed by atoms with E-state index in [-0.39, 0.29) is 0 Å². The lowest BCUT2D eigenvalue weighted by atomic mass is 9.83. The van der Waals surface area contributed by atoms with E-state index in [1.54, 1.807) is 0 Å². The highest BCUT2D eigenvalue weighted by Crippen LogP contribution is 2.33. The minimum atomic E-state index is 0.794. The summed E-state index contributed by atoms with van der Waals surface area (Å²) in [6.45, 7) is 2.10. The van der Waals surface area contributed by atoms with Gasteiger partial charge >= 0.3 is 0 Å². The number of anilines is 1. The van der Waals surface area contributed by atoms with Crippen molar-refractivity contribution in [3.63, 3.8) is 0 Å². The molecule has 1 heteroatoms. The third-order valence-electron chi connectivity index (χ3n) is 3.37. The largest absolute Gasteiger partial charge is 0.399 e. The summed E-state index contributed by atoms with van der Waals surface area (Å²) >= 11 is 0. The number of hydrogen-bond donors (Lipinski definition) is 1. The van der Waals surface area contributed by atoms with E-state index in [1.165, 1.54) is 43.2 Å². The van der Waals surface area contributed by atoms with E-state index in [0.717, 1.165) is 11.6 Å². The van der Waals surface area contributed by atoms with Crippen LogP contribution in [0.3, 0.4) is 0 Å². The van der Waals surface area contributed by atoms with Crippen molar-refractivity contribution in [1.29, 1.82) is 0 Å². The summed E-state index contributed by atoms with van der Waals surface area (Å²) in [5, 5.41) is 0. The number of benzene rings is 1. The van der Waals surface area contributed by atoms with E-state index in [4.69, 9.17) is 5.73 Å². The van der Waals surface area contributed by atoms with Crippen LogP contribution in [0.2, 0.25) is 0 Å². The van der Waals surface area contributed by atoms with Gasteiger partial charge in [0.15, 0.2) is 0 Å². The average Bonchev–Trinajstić information content (AvgIpc) is 2.23. The first-order valence-corrected chi connectivity index (χ1v) is 5.63. The Morgan fingerprint density at radius 3 is 2.50 bits per heavy atom. The molecular weight excluding hydrogens is 170 g/mol. The maximum atomic E-state index is 5.82. The second kappa shape index (κ2) is 4.04. The van der Waals surface area contributed by atoms with Crippen LogP contribution >= 0.6 is 0 Å². The third kappa shape index (κ3) is 1.92. The van der Waals surface area contributed by atoms with E-state index in [1.807, 2.05) is 0 Å². The molecule has 1 fully saturated rings. The van der Waals surface area contributed by atoms with Crippen LogP contribution in [0.1, 0.15) is 49.1 Å². The Morgan fingerprint density at radius 2 is 1.86 bits per heavy atom. The molecule has 1 nitrogen and oxygen atoms in total. The molecule has 0 aromatic heterocycles. The normalized spacial score (nSPS) is 18.4. The lowest BCUT2D eigenvalue weighted by Crippen LogP contribution is -2.05. The van der Waals surface area contributed by atoms with Crippen LogP contribution in [0.5, 0.6) is 0 Å². The van der Waals surface area contributed by atoms with Crippen molar-refractivity contribution in [1.82, 2.24) is 0 Å². The zero-order valence-electron chi connectivity index (χ0n) is 8.92. The summed E-state index contributed by atoms with van der Waals surface area (Å²) in [6, 6.07) is 6.53. The van der Waals surface area contributed by atoms with E-state index in [0.29, 0.717) is 0 Å². The van der Waals surface area contributed by atoms with Crippen LogP contribution in [0, 0.1) is 6.92 Å². The first kappa shape index (κ1) is 9.57. The number of aryl methyl sites for hydroxylation is 1. The molecule has 1 aromatic carbocycles. The second-order valence-corrected chi connectivity index (χ2v) is 4.45. The molecule has 1 aliphatic rings. The summed E-state index contributed by atoms with van der Waals surface area (Å²) in [7, 11) is 0. The summed E-state index contributed by atoms with van der Waals surface area (Å²) in [5.74, 6) is 0.794. The molecule has 0 heterocycles. The number of nitrogens with two attached hydrogens (primary N) is 1. The van der Waals surface area contributed by atoms with Crippen LogP contribution < -0.4 is 5.73 Å². The number of rotatable bonds is 1. The summed E-state index contributed by atoms with van der Waals surface area (Å²) in [5.41, 5.74) is 9.47. The second-order valence-electron chi connectivity index (χ2n) is 4.45. The van der Waals surface area contributed by atoms with Crippen molar-refractivity contribution in [2.75, 3.05) is 5.73 Å². The molecule has 0 aliphatic heterocycles. The summed E-state index contributed by atoms with van der Waals surface area (Å²) < 4.78 is 0. The van der Waals surface area contributed by atoms with Gasteiger partial charge < -0.3 is 5.73 Å². The Labute approximate surface area is 86.3 Å². The van der Waals surface area contributed by atoms with Crippen molar-refractivity contribution in [2.45, 2.75) is 44.9 Å². The van der Waals surface area contributed by atoms with E-state index < -0.39 is 0 Å². The molecule has 1 aliphatic carbocycles. The zero-order chi connectivity index (χ0) is 9.97. The fourth-order valence-corrected chi connectivity index (χ4v) is 2.39. The van der Waals surface area contributed by atoms with Crippen molar-refractivity contribution in [2.24, 2.45) is 0 Å². The topological polar surface area (TPSA) is 26.0 Å². The van der Waals surface area contributed by atoms with Gasteiger partial charge in [-0.25, -0.2) is 0 Å². The van der Waals surface area contributed by atoms with Gasteiger partial charge in [-0.2, -0.15) is 0 Å². The quantitative estimate of drug-likeness (QED) is 0.671. The Hall–Kier alpha value is -0.980. The molecule has 76 valence electrons. The smallest absolute Gasteiger partial charge is 0.0343 e. The van der Waals surface area contributed by atoms with Gasteiger partial charge in [0.1, 0.15) is 0 Å². The maximum Gasteiger partial charge on any atom is 0.0343 e. The third-order valence-corrected chi connectivity index (χ3v) is 3.37. The lowest BCUT2D eigenvalue weighted by molar-refractivity contribution is 0.443. The van der Waals surface area contributed by atoms with Gasteiger partial charge in [-0.1, -0.05) is 31.4 Å². The van der Waals surface area contributed by atoms with Gasteiger partial charge in [-0.3, -0.25) is 0 Å². The van der Waals surface area contributed by atoms with Crippen LogP contribution in [-0.4, -0.2) is 0 Å². The van der Waals surface area contributed by atoms with Gasteiger partial charge in [0.05, 0.1) is 0 Å². The standard InChI is InChI=1S/C13H19N/c1-10-9-12(7-8-13(10)14)11-5-3-2-4-6-11/h7-9,11H,2-6,14H2,1H3. The Bertz CT molecular complexity index is 311. The fraction of sp³-hybridized carbons (Fsp3) is 0.538. The van der Waals surface area contributed by atoms with Crippen molar-refractivity contribution < 1.29 is 0 Å². The van der Waals surface area contributed by atoms with E-state index >= 15 is 0 Å². The van der Waals surface area contributed by atoms with Crippen molar-refractivity contribution in [3.8, 4) is 0 Å². The Morgan fingerprint density at radius 1 is 1.14 bits per heavy atom. The first-order valence-electron chi connectivity index (χ1n) is 5.63. The fourth-order valence-electron chi connectivity index (χ4n) is 2.39. The molecule has 2 rings (SSSR count). The molecule has 0 saturated heterocycles. The molecule has 2 N–H and O–H groups in total. The maximum absolute atomic E-state index is 5.82. The van der Waals surface area contributed by atoms with E-state index in [2.05, 4.69) is 25.1 Å². The SMILES string of the molecule is Cc1cc(C2CCCCC2)ccc1N. The molecule has 14 heavy (non-hydrogen) atoms. The van der Waals surface area contributed by atoms with Crippen LogP contribution in [0.15, 0.2) is 18.2 Å². The molecule has 1 aromatic rings. The van der Waals surface area contributed by atoms with Gasteiger partial charge in [0.2, 0.25) is 0 Å². The van der Waals surface area contributed by atoms with Crippen LogP contribution in [0.4, 0.5) is 5.69 Å². The van der Waals surface area contributed by atoms with Gasteiger partial charge in [0, 0.05) is 5.69 Å². The molecule has 0 atom stereocenters. The molecule has 0 radical (unpaired) electrons. The molecule has 0 spiro atoms. The van der Waals surface area contributed by atoms with Gasteiger partial charge in [-0.05, 0) is 42.9 Å². The van der Waals surface area contributed by atoms with Crippen LogP contribution in [-0.2, 0) is 0 Å². The molecular formula is C13H19N. The molecule has 1 saturated carbocycles. The Kier molecular flexibility index (Phi) is 2.76. The van der Waals surface area contributed by atoms with Crippen LogP contribution in [0.25, 0.3) is 0 Å². The number of nitrogen functional groups attached to an aromatic ring is 1. The summed E-state index contributed by atoms with van der Waals surface area (Å²) in [6.07, 6.45) is 6.94. The predicted octanol–water partition coefficient (Wildman–Crippen LogP) is 3.62. The first-order chi connectivity index (χ1) is 6.77.